The van der Waals surface area contributed by atoms with Crippen molar-refractivity contribution < 1.29 is 31.7 Å². The quantitative estimate of drug-likeness (QED) is 0.528. The second-order valence-corrected chi connectivity index (χ2v) is 0. The Balaban J connectivity index is -0.00000000500. The molecule has 51 valence electrons. The van der Waals surface area contributed by atoms with E-state index in [4.69, 9.17) is 0 Å². The second-order valence-electron chi connectivity index (χ2n) is 0. The van der Waals surface area contributed by atoms with Crippen molar-refractivity contribution in [1.29, 1.82) is 0 Å². The van der Waals surface area contributed by atoms with Crippen LogP contribution in [-0.2, 0) is 26.2 Å². The molecule has 1 radical (unpaired) electrons. The van der Waals surface area contributed by atoms with Crippen LogP contribution in [0.15, 0.2) is 0 Å². The Morgan fingerprint density at radius 1 is 0.625 bits per heavy atom. The van der Waals surface area contributed by atoms with Gasteiger partial charge in [-0.15, -0.1) is 0 Å². The Morgan fingerprint density at radius 3 is 0.625 bits per heavy atom. The monoisotopic (exact) mass is 195 g/mol. The molecule has 0 aromatic heterocycles. The van der Waals surface area contributed by atoms with Crippen molar-refractivity contribution >= 4 is 0 Å². The molecule has 0 saturated heterocycles. The van der Waals surface area contributed by atoms with Crippen LogP contribution in [-0.4, -0.2) is 5.48 Å². The van der Waals surface area contributed by atoms with Gasteiger partial charge < -0.3 is 26.2 Å². The van der Waals surface area contributed by atoms with Crippen LogP contribution in [0, 0.1) is 20.8 Å². The van der Waals surface area contributed by atoms with E-state index in [1.54, 1.807) is 20.8 Å². The van der Waals surface area contributed by atoms with Crippen LogP contribution in [0.5, 0.6) is 0 Å². The van der Waals surface area contributed by atoms with Crippen molar-refractivity contribution in [1.82, 2.24) is 0 Å². The fraction of sp³-hybridized carbons (Fsp3) is 0.500. The summed E-state index contributed by atoms with van der Waals surface area (Å²) in [5.74, 6) is 0. The minimum Gasteiger partial charge on any atom is -0.412 e. The maximum Gasteiger partial charge on any atom is 3.00 e. The maximum atomic E-state index is 3.25. The van der Waals surface area contributed by atoms with Gasteiger partial charge in [-0.2, -0.15) is 20.8 Å². The molecule has 0 spiro atoms. The van der Waals surface area contributed by atoms with Crippen LogP contribution >= 0.6 is 0 Å². The first-order valence-electron chi connectivity index (χ1n) is 2.12. The molecule has 0 aromatic carbocycles. The molecule has 0 aliphatic heterocycles. The SMILES string of the molecule is O.[CH2-]C.[CH2-]C.[CH2-]C.[Zr+3]. The van der Waals surface area contributed by atoms with Crippen LogP contribution in [0.25, 0.3) is 0 Å². The Kier molecular flexibility index (Phi) is 2380. The molecule has 2 N–H and O–H groups in total. The molecule has 0 heterocycles. The molecule has 2 heteroatoms. The number of hydrogen-bond acceptors (Lipinski definition) is 0. The predicted molar refractivity (Wildman–Crippen MR) is 36.7 cm³/mol. The van der Waals surface area contributed by atoms with E-state index in [1.165, 1.54) is 0 Å². The molecular formula is C6H17OZr. The van der Waals surface area contributed by atoms with Crippen LogP contribution in [0.2, 0.25) is 0 Å². The minimum atomic E-state index is 0. The van der Waals surface area contributed by atoms with Gasteiger partial charge in [0.1, 0.15) is 0 Å². The van der Waals surface area contributed by atoms with E-state index in [2.05, 4.69) is 20.8 Å². The van der Waals surface area contributed by atoms with Crippen molar-refractivity contribution in [2.75, 3.05) is 0 Å². The molecule has 0 amide bonds. The summed E-state index contributed by atoms with van der Waals surface area (Å²) in [6.07, 6.45) is 0. The molecule has 0 aliphatic carbocycles. The van der Waals surface area contributed by atoms with Gasteiger partial charge in [0.15, 0.2) is 0 Å². The van der Waals surface area contributed by atoms with E-state index < -0.39 is 0 Å². The molecule has 0 atom stereocenters. The fourth-order valence-electron chi connectivity index (χ4n) is 0. The Bertz CT molecular complexity index is 8.49. The molecule has 0 aliphatic rings. The summed E-state index contributed by atoms with van der Waals surface area (Å²) in [4.78, 5) is 0. The van der Waals surface area contributed by atoms with Crippen LogP contribution in [0.1, 0.15) is 20.8 Å². The van der Waals surface area contributed by atoms with E-state index in [0.717, 1.165) is 0 Å². The smallest absolute Gasteiger partial charge is 0.412 e. The third kappa shape index (κ3) is 329. The van der Waals surface area contributed by atoms with E-state index >= 15 is 0 Å². The molecule has 0 rings (SSSR count). The summed E-state index contributed by atoms with van der Waals surface area (Å²) in [6.45, 7) is 15.0. The summed E-state index contributed by atoms with van der Waals surface area (Å²) in [5.41, 5.74) is 0. The zero-order valence-electron chi connectivity index (χ0n) is 6.12. The van der Waals surface area contributed by atoms with Gasteiger partial charge in [0.05, 0.1) is 0 Å². The van der Waals surface area contributed by atoms with Gasteiger partial charge in [-0.3, -0.25) is 0 Å². The zero-order chi connectivity index (χ0) is 6.00. The fourth-order valence-corrected chi connectivity index (χ4v) is 0. The molecule has 1 nitrogen and oxygen atoms in total. The number of rotatable bonds is 0. The Morgan fingerprint density at radius 2 is 0.625 bits per heavy atom. The molecule has 8 heavy (non-hydrogen) atoms. The Labute approximate surface area is 73.3 Å². The van der Waals surface area contributed by atoms with Gasteiger partial charge >= 0.3 is 26.2 Å². The van der Waals surface area contributed by atoms with Crippen molar-refractivity contribution in [3.63, 3.8) is 0 Å². The van der Waals surface area contributed by atoms with Crippen molar-refractivity contribution in [2.45, 2.75) is 20.8 Å². The topological polar surface area (TPSA) is 31.5 Å². The summed E-state index contributed by atoms with van der Waals surface area (Å²) in [6, 6.07) is 0. The van der Waals surface area contributed by atoms with Crippen LogP contribution in [0.4, 0.5) is 0 Å². The van der Waals surface area contributed by atoms with Crippen LogP contribution < -0.4 is 0 Å². The third-order valence-corrected chi connectivity index (χ3v) is 0. The van der Waals surface area contributed by atoms with Crippen LogP contribution in [0.3, 0.4) is 0 Å². The summed E-state index contributed by atoms with van der Waals surface area (Å²) >= 11 is 0. The van der Waals surface area contributed by atoms with Gasteiger partial charge in [-0.25, -0.2) is 0 Å². The van der Waals surface area contributed by atoms with Gasteiger partial charge in [-0.05, 0) is 0 Å². The molecule has 0 fully saturated rings. The standard InChI is InChI=1S/3C2H5.H2O.Zr/c3*1-2;;/h3*1H2,2H3;1H2;/q3*-1;;+3. The first-order chi connectivity index (χ1) is 3.00. The van der Waals surface area contributed by atoms with E-state index in [9.17, 15) is 0 Å². The van der Waals surface area contributed by atoms with Gasteiger partial charge in [0.25, 0.3) is 0 Å². The molecule has 0 unspecified atom stereocenters. The largest absolute Gasteiger partial charge is 3.00 e. The minimum absolute atomic E-state index is 0. The Hall–Kier alpha value is 0.843. The molecule has 0 bridgehead atoms. The van der Waals surface area contributed by atoms with Crippen molar-refractivity contribution in [3.8, 4) is 0 Å². The van der Waals surface area contributed by atoms with E-state index in [1.807, 2.05) is 0 Å². The second kappa shape index (κ2) is 517. The van der Waals surface area contributed by atoms with Gasteiger partial charge in [-0.1, -0.05) is 0 Å². The molecule has 0 aromatic rings. The number of hydrogen-bond donors (Lipinski definition) is 0. The van der Waals surface area contributed by atoms with E-state index in [0.29, 0.717) is 0 Å². The third-order valence-electron chi connectivity index (χ3n) is 0. The normalized spacial score (nSPS) is 2.25. The average molecular weight is 196 g/mol. The summed E-state index contributed by atoms with van der Waals surface area (Å²) in [7, 11) is 0. The van der Waals surface area contributed by atoms with Gasteiger partial charge in [0.2, 0.25) is 0 Å². The van der Waals surface area contributed by atoms with Gasteiger partial charge in [0, 0.05) is 0 Å². The summed E-state index contributed by atoms with van der Waals surface area (Å²) < 4.78 is 0. The first-order valence-corrected chi connectivity index (χ1v) is 2.12. The zero-order valence-corrected chi connectivity index (χ0v) is 8.58. The first kappa shape index (κ1) is 36.8. The maximum absolute atomic E-state index is 3.25. The average Bonchev–Trinajstić information content (AvgIpc) is 1.81. The summed E-state index contributed by atoms with van der Waals surface area (Å²) in [5, 5.41) is 0. The van der Waals surface area contributed by atoms with Crippen molar-refractivity contribution in [3.05, 3.63) is 20.8 Å². The molecule has 0 saturated carbocycles. The van der Waals surface area contributed by atoms with Crippen molar-refractivity contribution in [2.24, 2.45) is 0 Å². The van der Waals surface area contributed by atoms with E-state index in [-0.39, 0.29) is 31.7 Å². The molecular weight excluding hydrogens is 179 g/mol. The predicted octanol–water partition coefficient (Wildman–Crippen LogP) is 1.69.